The first-order chi connectivity index (χ1) is 8.65. The van der Waals surface area contributed by atoms with Crippen LogP contribution in [-0.2, 0) is 4.74 Å². The lowest BCUT2D eigenvalue weighted by molar-refractivity contribution is 0.0381. The van der Waals surface area contributed by atoms with Gasteiger partial charge in [0.05, 0.1) is 6.61 Å². The maximum Gasteiger partial charge on any atom is 0.191 e. The molecule has 100 valence electrons. The van der Waals surface area contributed by atoms with Crippen molar-refractivity contribution < 1.29 is 9.84 Å². The van der Waals surface area contributed by atoms with Gasteiger partial charge in [-0.2, -0.15) is 0 Å². The summed E-state index contributed by atoms with van der Waals surface area (Å²) in [6.07, 6.45) is 2.51. The van der Waals surface area contributed by atoms with Crippen LogP contribution in [0, 0.1) is 0 Å². The van der Waals surface area contributed by atoms with Gasteiger partial charge in [-0.3, -0.25) is 0 Å². The van der Waals surface area contributed by atoms with Crippen LogP contribution in [0.2, 0.25) is 0 Å². The highest BCUT2D eigenvalue weighted by molar-refractivity contribution is 7.98. The van der Waals surface area contributed by atoms with Crippen molar-refractivity contribution in [2.24, 2.45) is 5.84 Å². The number of hydrogen-bond donors (Lipinski definition) is 4. The molecule has 1 aromatic rings. The molecule has 1 atom stereocenters. The van der Waals surface area contributed by atoms with Gasteiger partial charge in [-0.05, 0) is 6.26 Å². The minimum atomic E-state index is -0.819. The first-order valence-corrected chi connectivity index (χ1v) is 6.81. The smallest absolute Gasteiger partial charge is 0.191 e. The SMILES string of the molecule is CSc1nc(NN)cc(NCC2(O)CCOC2)n1. The number of nitrogens with zero attached hydrogens (tertiary/aromatic N) is 2. The summed E-state index contributed by atoms with van der Waals surface area (Å²) in [5, 5.41) is 13.8. The first-order valence-electron chi connectivity index (χ1n) is 5.59. The molecule has 0 saturated carbocycles. The molecule has 2 heterocycles. The van der Waals surface area contributed by atoms with E-state index in [1.807, 2.05) is 6.26 Å². The molecule has 1 aliphatic heterocycles. The third-order valence-corrected chi connectivity index (χ3v) is 3.26. The summed E-state index contributed by atoms with van der Waals surface area (Å²) in [5.74, 6) is 6.50. The number of aliphatic hydroxyl groups is 1. The van der Waals surface area contributed by atoms with Crippen LogP contribution in [0.4, 0.5) is 11.6 Å². The highest BCUT2D eigenvalue weighted by Crippen LogP contribution is 2.21. The van der Waals surface area contributed by atoms with E-state index in [-0.39, 0.29) is 0 Å². The van der Waals surface area contributed by atoms with Gasteiger partial charge in [0, 0.05) is 25.6 Å². The van der Waals surface area contributed by atoms with Crippen LogP contribution in [0.1, 0.15) is 6.42 Å². The number of hydrazine groups is 1. The average Bonchev–Trinajstić information content (AvgIpc) is 2.83. The molecule has 0 aromatic carbocycles. The van der Waals surface area contributed by atoms with E-state index in [0.717, 1.165) is 0 Å². The van der Waals surface area contributed by atoms with Crippen molar-refractivity contribution in [3.63, 3.8) is 0 Å². The highest BCUT2D eigenvalue weighted by atomic mass is 32.2. The lowest BCUT2D eigenvalue weighted by Crippen LogP contribution is -2.37. The first kappa shape index (κ1) is 13.3. The van der Waals surface area contributed by atoms with Crippen LogP contribution in [0.15, 0.2) is 11.2 Å². The van der Waals surface area contributed by atoms with Gasteiger partial charge >= 0.3 is 0 Å². The highest BCUT2D eigenvalue weighted by Gasteiger charge is 2.32. The molecule has 8 heteroatoms. The maximum absolute atomic E-state index is 10.1. The molecule has 7 nitrogen and oxygen atoms in total. The Morgan fingerprint density at radius 1 is 1.56 bits per heavy atom. The number of ether oxygens (including phenoxy) is 1. The van der Waals surface area contributed by atoms with E-state index in [1.165, 1.54) is 11.8 Å². The minimum Gasteiger partial charge on any atom is -0.386 e. The Morgan fingerprint density at radius 3 is 2.94 bits per heavy atom. The Hall–Kier alpha value is -1.09. The fraction of sp³-hybridized carbons (Fsp3) is 0.600. The van der Waals surface area contributed by atoms with Gasteiger partial charge in [-0.15, -0.1) is 0 Å². The van der Waals surface area contributed by atoms with E-state index < -0.39 is 5.60 Å². The summed E-state index contributed by atoms with van der Waals surface area (Å²) in [6, 6.07) is 1.69. The van der Waals surface area contributed by atoms with Crippen molar-refractivity contribution >= 4 is 23.4 Å². The number of nitrogens with two attached hydrogens (primary N) is 1. The summed E-state index contributed by atoms with van der Waals surface area (Å²) < 4.78 is 5.18. The van der Waals surface area contributed by atoms with E-state index >= 15 is 0 Å². The van der Waals surface area contributed by atoms with Crippen LogP contribution in [0.25, 0.3) is 0 Å². The Bertz CT molecular complexity index is 389. The number of nitrogens with one attached hydrogen (secondary N) is 2. The summed E-state index contributed by atoms with van der Waals surface area (Å²) >= 11 is 1.42. The van der Waals surface area contributed by atoms with E-state index in [4.69, 9.17) is 10.6 Å². The number of rotatable bonds is 5. The van der Waals surface area contributed by atoms with Crippen molar-refractivity contribution in [3.8, 4) is 0 Å². The molecule has 0 amide bonds. The van der Waals surface area contributed by atoms with E-state index in [2.05, 4.69) is 20.7 Å². The number of thioether (sulfide) groups is 1. The molecule has 0 aliphatic carbocycles. The predicted octanol–water partition coefficient (Wildman–Crippen LogP) is 0.0474. The van der Waals surface area contributed by atoms with Gasteiger partial charge in [0.25, 0.3) is 0 Å². The Labute approximate surface area is 109 Å². The van der Waals surface area contributed by atoms with Gasteiger partial charge in [0.15, 0.2) is 5.16 Å². The molecule has 0 spiro atoms. The Kier molecular flexibility index (Phi) is 4.23. The largest absolute Gasteiger partial charge is 0.386 e. The third kappa shape index (κ3) is 3.22. The van der Waals surface area contributed by atoms with Gasteiger partial charge in [0.1, 0.15) is 17.2 Å². The Balaban J connectivity index is 2.04. The van der Waals surface area contributed by atoms with Gasteiger partial charge < -0.3 is 20.6 Å². The fourth-order valence-corrected chi connectivity index (χ4v) is 2.05. The monoisotopic (exact) mass is 271 g/mol. The van der Waals surface area contributed by atoms with Crippen molar-refractivity contribution in [1.82, 2.24) is 9.97 Å². The molecule has 1 aromatic heterocycles. The number of aromatic nitrogens is 2. The van der Waals surface area contributed by atoms with E-state index in [9.17, 15) is 5.11 Å². The normalized spacial score (nSPS) is 23.1. The fourth-order valence-electron chi connectivity index (χ4n) is 1.67. The molecule has 1 saturated heterocycles. The summed E-state index contributed by atoms with van der Waals surface area (Å²) in [5.41, 5.74) is 1.67. The molecular weight excluding hydrogens is 254 g/mol. The predicted molar refractivity (Wildman–Crippen MR) is 70.5 cm³/mol. The van der Waals surface area contributed by atoms with E-state index in [1.54, 1.807) is 6.07 Å². The zero-order valence-corrected chi connectivity index (χ0v) is 11.0. The summed E-state index contributed by atoms with van der Waals surface area (Å²) in [7, 11) is 0. The van der Waals surface area contributed by atoms with Gasteiger partial charge in [-0.25, -0.2) is 15.8 Å². The number of nitrogen functional groups attached to an aromatic ring is 1. The molecule has 0 radical (unpaired) electrons. The van der Waals surface area contributed by atoms with Crippen LogP contribution < -0.4 is 16.6 Å². The van der Waals surface area contributed by atoms with Crippen molar-refractivity contribution in [3.05, 3.63) is 6.07 Å². The topological polar surface area (TPSA) is 105 Å². The van der Waals surface area contributed by atoms with Crippen LogP contribution in [-0.4, -0.2) is 46.7 Å². The molecule has 1 fully saturated rings. The second-order valence-electron chi connectivity index (χ2n) is 4.15. The van der Waals surface area contributed by atoms with Crippen LogP contribution >= 0.6 is 11.8 Å². The molecule has 2 rings (SSSR count). The number of hydrogen-bond acceptors (Lipinski definition) is 8. The zero-order chi connectivity index (χ0) is 13.0. The lowest BCUT2D eigenvalue weighted by atomic mass is 10.0. The number of anilines is 2. The third-order valence-electron chi connectivity index (χ3n) is 2.72. The molecular formula is C10H17N5O2S. The Morgan fingerprint density at radius 2 is 2.33 bits per heavy atom. The zero-order valence-electron chi connectivity index (χ0n) is 10.1. The van der Waals surface area contributed by atoms with Crippen molar-refractivity contribution in [2.75, 3.05) is 36.8 Å². The van der Waals surface area contributed by atoms with Crippen molar-refractivity contribution in [1.29, 1.82) is 0 Å². The van der Waals surface area contributed by atoms with Gasteiger partial charge in [0.2, 0.25) is 0 Å². The summed E-state index contributed by atoms with van der Waals surface area (Å²) in [4.78, 5) is 8.44. The quantitative estimate of drug-likeness (QED) is 0.258. The van der Waals surface area contributed by atoms with E-state index in [0.29, 0.717) is 43.0 Å². The molecule has 0 bridgehead atoms. The molecule has 1 aliphatic rings. The second kappa shape index (κ2) is 5.70. The maximum atomic E-state index is 10.1. The van der Waals surface area contributed by atoms with Crippen LogP contribution in [0.5, 0.6) is 0 Å². The van der Waals surface area contributed by atoms with Gasteiger partial charge in [-0.1, -0.05) is 11.8 Å². The molecule has 18 heavy (non-hydrogen) atoms. The van der Waals surface area contributed by atoms with Crippen molar-refractivity contribution in [2.45, 2.75) is 17.2 Å². The molecule has 5 N–H and O–H groups in total. The standard InChI is InChI=1S/C10H17N5O2S/c1-18-9-13-7(4-8(14-9)15-11)12-5-10(16)2-3-17-6-10/h4,16H,2-3,5-6,11H2,1H3,(H2,12,13,14,15). The van der Waals surface area contributed by atoms with Crippen LogP contribution in [0.3, 0.4) is 0 Å². The average molecular weight is 271 g/mol. The second-order valence-corrected chi connectivity index (χ2v) is 4.92. The molecule has 1 unspecified atom stereocenters. The summed E-state index contributed by atoms with van der Waals surface area (Å²) in [6.45, 7) is 1.33. The minimum absolute atomic E-state index is 0.350. The lowest BCUT2D eigenvalue weighted by Gasteiger charge is -2.21.